The Morgan fingerprint density at radius 2 is 2.18 bits per heavy atom. The second-order valence-corrected chi connectivity index (χ2v) is 3.51. The van der Waals surface area contributed by atoms with Gasteiger partial charge in [0.2, 0.25) is 0 Å². The van der Waals surface area contributed by atoms with Crippen molar-refractivity contribution in [3.05, 3.63) is 0 Å². The molecule has 0 bridgehead atoms. The van der Waals surface area contributed by atoms with E-state index in [1.54, 1.807) is 0 Å². The lowest BCUT2D eigenvalue weighted by Crippen LogP contribution is -2.43. The molecule has 2 N–H and O–H groups in total. The summed E-state index contributed by atoms with van der Waals surface area (Å²) < 4.78 is 0. The Hall–Kier alpha value is -0.570. The van der Waals surface area contributed by atoms with Crippen LogP contribution in [-0.4, -0.2) is 30.2 Å². The van der Waals surface area contributed by atoms with E-state index in [9.17, 15) is 0 Å². The summed E-state index contributed by atoms with van der Waals surface area (Å²) in [7, 11) is 2.15. The monoisotopic (exact) mass is 155 g/mol. The first-order chi connectivity index (χ1) is 5.15. The third kappa shape index (κ3) is 1.71. The minimum atomic E-state index is 0.529. The fourth-order valence-corrected chi connectivity index (χ4v) is 1.56. The fraction of sp³-hybridized carbons (Fsp3) is 0.875. The van der Waals surface area contributed by atoms with Crippen molar-refractivity contribution >= 4 is 5.71 Å². The van der Waals surface area contributed by atoms with Crippen molar-refractivity contribution in [3.63, 3.8) is 0 Å². The normalized spacial score (nSPS) is 37.9. The molecule has 3 nitrogen and oxygen atoms in total. The minimum absolute atomic E-state index is 0.529. The smallest absolute Gasteiger partial charge is 0.0432 e. The van der Waals surface area contributed by atoms with E-state index in [1.807, 2.05) is 0 Å². The van der Waals surface area contributed by atoms with Crippen LogP contribution in [-0.2, 0) is 0 Å². The van der Waals surface area contributed by atoms with E-state index in [1.165, 1.54) is 0 Å². The predicted molar refractivity (Wildman–Crippen MR) is 47.5 cm³/mol. The van der Waals surface area contributed by atoms with Crippen LogP contribution in [0.5, 0.6) is 0 Å². The van der Waals surface area contributed by atoms with Gasteiger partial charge in [-0.1, -0.05) is 6.92 Å². The highest BCUT2D eigenvalue weighted by Crippen LogP contribution is 2.16. The van der Waals surface area contributed by atoms with Gasteiger partial charge in [0.15, 0.2) is 0 Å². The van der Waals surface area contributed by atoms with Gasteiger partial charge in [-0.3, -0.25) is 0 Å². The summed E-state index contributed by atoms with van der Waals surface area (Å²) in [6.07, 6.45) is 1.02. The molecule has 64 valence electrons. The van der Waals surface area contributed by atoms with E-state index in [0.717, 1.165) is 18.7 Å². The van der Waals surface area contributed by atoms with Crippen LogP contribution in [0.1, 0.15) is 20.3 Å². The molecule has 11 heavy (non-hydrogen) atoms. The molecule has 1 rings (SSSR count). The average molecular weight is 155 g/mol. The van der Waals surface area contributed by atoms with E-state index in [0.29, 0.717) is 12.0 Å². The second kappa shape index (κ2) is 3.22. The van der Waals surface area contributed by atoms with Gasteiger partial charge in [-0.15, -0.1) is 0 Å². The summed E-state index contributed by atoms with van der Waals surface area (Å²) in [6, 6.07) is 0.591. The molecule has 1 heterocycles. The average Bonchev–Trinajstić information content (AvgIpc) is 1.97. The molecule has 0 aliphatic carbocycles. The van der Waals surface area contributed by atoms with E-state index in [4.69, 9.17) is 5.84 Å². The molecule has 1 fully saturated rings. The molecule has 2 atom stereocenters. The molecular weight excluding hydrogens is 138 g/mol. The third-order valence-corrected chi connectivity index (χ3v) is 2.55. The standard InChI is InChI=1S/C8H17N3/c1-6-5-11(3)7(2)4-8(6)10-9/h6-7H,4-5,9H2,1-3H3/b10-8-. The van der Waals surface area contributed by atoms with Gasteiger partial charge in [0.05, 0.1) is 0 Å². The molecule has 0 aromatic rings. The van der Waals surface area contributed by atoms with Gasteiger partial charge in [-0.05, 0) is 14.0 Å². The highest BCUT2D eigenvalue weighted by atomic mass is 15.2. The van der Waals surface area contributed by atoms with Crippen LogP contribution in [0.3, 0.4) is 0 Å². The Labute approximate surface area is 68.3 Å². The van der Waals surface area contributed by atoms with Crippen LogP contribution >= 0.6 is 0 Å². The van der Waals surface area contributed by atoms with Crippen LogP contribution in [0.15, 0.2) is 5.10 Å². The van der Waals surface area contributed by atoms with Crippen molar-refractivity contribution in [1.29, 1.82) is 0 Å². The molecule has 3 heteroatoms. The number of hydrogen-bond donors (Lipinski definition) is 1. The first-order valence-corrected chi connectivity index (χ1v) is 4.12. The van der Waals surface area contributed by atoms with Crippen molar-refractivity contribution in [3.8, 4) is 0 Å². The van der Waals surface area contributed by atoms with Crippen molar-refractivity contribution < 1.29 is 0 Å². The van der Waals surface area contributed by atoms with Gasteiger partial charge >= 0.3 is 0 Å². The lowest BCUT2D eigenvalue weighted by Gasteiger charge is -2.34. The number of hydrazone groups is 1. The summed E-state index contributed by atoms with van der Waals surface area (Å²) in [5.74, 6) is 5.80. The number of hydrogen-bond acceptors (Lipinski definition) is 3. The molecule has 2 unspecified atom stereocenters. The lowest BCUT2D eigenvalue weighted by atomic mass is 9.93. The van der Waals surface area contributed by atoms with Gasteiger partial charge in [0, 0.05) is 30.6 Å². The Bertz CT molecular complexity index is 165. The Morgan fingerprint density at radius 3 is 2.73 bits per heavy atom. The molecule has 0 amide bonds. The van der Waals surface area contributed by atoms with Crippen LogP contribution in [0, 0.1) is 5.92 Å². The molecule has 0 aromatic carbocycles. The van der Waals surface area contributed by atoms with E-state index >= 15 is 0 Å². The van der Waals surface area contributed by atoms with Crippen LogP contribution < -0.4 is 5.84 Å². The van der Waals surface area contributed by atoms with Crippen LogP contribution in [0.25, 0.3) is 0 Å². The van der Waals surface area contributed by atoms with Crippen molar-refractivity contribution in [2.45, 2.75) is 26.3 Å². The summed E-state index contributed by atoms with van der Waals surface area (Å²) in [6.45, 7) is 5.46. The maximum Gasteiger partial charge on any atom is 0.0432 e. The number of piperidine rings is 1. The Balaban J connectivity index is 2.62. The maximum absolute atomic E-state index is 5.27. The van der Waals surface area contributed by atoms with E-state index in [-0.39, 0.29) is 0 Å². The summed E-state index contributed by atoms with van der Waals surface area (Å²) in [5.41, 5.74) is 1.16. The quantitative estimate of drug-likeness (QED) is 0.412. The fourth-order valence-electron chi connectivity index (χ4n) is 1.56. The van der Waals surface area contributed by atoms with Gasteiger partial charge in [0.25, 0.3) is 0 Å². The zero-order valence-electron chi connectivity index (χ0n) is 7.54. The highest BCUT2D eigenvalue weighted by Gasteiger charge is 2.24. The lowest BCUT2D eigenvalue weighted by molar-refractivity contribution is 0.225. The Morgan fingerprint density at radius 1 is 1.55 bits per heavy atom. The highest BCUT2D eigenvalue weighted by molar-refractivity contribution is 5.87. The Kier molecular flexibility index (Phi) is 2.49. The maximum atomic E-state index is 5.27. The molecule has 1 saturated heterocycles. The summed E-state index contributed by atoms with van der Waals surface area (Å²) in [4.78, 5) is 2.35. The number of nitrogens with zero attached hydrogens (tertiary/aromatic N) is 2. The van der Waals surface area contributed by atoms with Crippen molar-refractivity contribution in [2.75, 3.05) is 13.6 Å². The molecule has 0 radical (unpaired) electrons. The van der Waals surface area contributed by atoms with Gasteiger partial charge < -0.3 is 10.7 Å². The van der Waals surface area contributed by atoms with Gasteiger partial charge in [-0.2, -0.15) is 5.10 Å². The molecule has 1 aliphatic rings. The van der Waals surface area contributed by atoms with Crippen LogP contribution in [0.4, 0.5) is 0 Å². The molecular formula is C8H17N3. The number of likely N-dealkylation sites (tertiary alicyclic amines) is 1. The van der Waals surface area contributed by atoms with E-state index < -0.39 is 0 Å². The first-order valence-electron chi connectivity index (χ1n) is 4.12. The third-order valence-electron chi connectivity index (χ3n) is 2.55. The SMILES string of the molecule is CC1CN(C)C(C)C/C1=N/N. The van der Waals surface area contributed by atoms with Crippen molar-refractivity contribution in [1.82, 2.24) is 4.90 Å². The van der Waals surface area contributed by atoms with Crippen LogP contribution in [0.2, 0.25) is 0 Å². The summed E-state index contributed by atoms with van der Waals surface area (Å²) >= 11 is 0. The molecule has 0 aromatic heterocycles. The largest absolute Gasteiger partial charge is 0.323 e. The zero-order valence-corrected chi connectivity index (χ0v) is 7.54. The zero-order chi connectivity index (χ0) is 8.43. The number of rotatable bonds is 0. The molecule has 0 saturated carbocycles. The minimum Gasteiger partial charge on any atom is -0.323 e. The van der Waals surface area contributed by atoms with Crippen molar-refractivity contribution in [2.24, 2.45) is 16.9 Å². The summed E-state index contributed by atoms with van der Waals surface area (Å²) in [5, 5.41) is 3.80. The predicted octanol–water partition coefficient (Wildman–Crippen LogP) is 0.661. The molecule has 1 aliphatic heterocycles. The first kappa shape index (κ1) is 8.53. The number of nitrogens with two attached hydrogens (primary N) is 1. The van der Waals surface area contributed by atoms with Gasteiger partial charge in [-0.25, -0.2) is 0 Å². The second-order valence-electron chi connectivity index (χ2n) is 3.51. The molecule has 0 spiro atoms. The van der Waals surface area contributed by atoms with Gasteiger partial charge in [0.1, 0.15) is 0 Å². The van der Waals surface area contributed by atoms with E-state index in [2.05, 4.69) is 30.9 Å². The topological polar surface area (TPSA) is 41.6 Å².